The first-order valence-electron chi connectivity index (χ1n) is 10.3. The maximum absolute atomic E-state index is 12.4. The third-order valence-electron chi connectivity index (χ3n) is 5.32. The molecule has 1 amide bonds. The van der Waals surface area contributed by atoms with Crippen LogP contribution in [0.5, 0.6) is 5.75 Å². The van der Waals surface area contributed by atoms with E-state index in [1.165, 1.54) is 12.3 Å². The summed E-state index contributed by atoms with van der Waals surface area (Å²) < 4.78 is 5.93. The number of hydrogen-bond acceptors (Lipinski definition) is 5. The Bertz CT molecular complexity index is 924. The second-order valence-electron chi connectivity index (χ2n) is 7.60. The van der Waals surface area contributed by atoms with Gasteiger partial charge in [-0.05, 0) is 68.5 Å². The molecule has 0 aliphatic heterocycles. The molecule has 3 rings (SSSR count). The average Bonchev–Trinajstić information content (AvgIpc) is 2.77. The number of nitrogens with one attached hydrogen (secondary N) is 1. The maximum atomic E-state index is 12.4. The summed E-state index contributed by atoms with van der Waals surface area (Å²) in [6.07, 6.45) is 4.98. The second-order valence-corrected chi connectivity index (χ2v) is 8.03. The van der Waals surface area contributed by atoms with Crippen LogP contribution in [0.1, 0.15) is 59.4 Å². The molecule has 0 saturated heterocycles. The molecule has 31 heavy (non-hydrogen) atoms. The molecule has 2 aromatic rings. The summed E-state index contributed by atoms with van der Waals surface area (Å²) in [7, 11) is 0. The highest BCUT2D eigenvalue weighted by molar-refractivity contribution is 6.30. The van der Waals surface area contributed by atoms with Crippen LogP contribution < -0.4 is 10.1 Å². The minimum absolute atomic E-state index is 0.00903. The van der Waals surface area contributed by atoms with Crippen LogP contribution in [0.15, 0.2) is 42.6 Å². The zero-order valence-electron chi connectivity index (χ0n) is 17.1. The van der Waals surface area contributed by atoms with Gasteiger partial charge in [-0.3, -0.25) is 19.4 Å². The number of Topliss-reactive ketones (excluding diaryl/α,β-unsaturated/α-hetero) is 1. The largest absolute Gasteiger partial charge is 0.490 e. The molecule has 1 saturated carbocycles. The maximum Gasteiger partial charge on any atom is 0.306 e. The summed E-state index contributed by atoms with van der Waals surface area (Å²) >= 11 is 5.85. The van der Waals surface area contributed by atoms with Crippen molar-refractivity contribution in [3.63, 3.8) is 0 Å². The van der Waals surface area contributed by atoms with E-state index in [-0.39, 0.29) is 29.4 Å². The Kier molecular flexibility index (Phi) is 8.00. The normalized spacial score (nSPS) is 18.2. The third kappa shape index (κ3) is 6.79. The first-order valence-corrected chi connectivity index (χ1v) is 10.7. The lowest BCUT2D eigenvalue weighted by Crippen LogP contribution is -2.27. The summed E-state index contributed by atoms with van der Waals surface area (Å²) in [5, 5.41) is 12.2. The number of amides is 1. The Balaban J connectivity index is 1.39. The zero-order chi connectivity index (χ0) is 22.2. The fourth-order valence-corrected chi connectivity index (χ4v) is 3.71. The number of hydrogen-bond donors (Lipinski definition) is 2. The molecule has 2 N–H and O–H groups in total. The van der Waals surface area contributed by atoms with Crippen LogP contribution in [0.2, 0.25) is 5.02 Å². The highest BCUT2D eigenvalue weighted by atomic mass is 35.5. The van der Waals surface area contributed by atoms with Crippen molar-refractivity contribution in [2.24, 2.45) is 5.92 Å². The Morgan fingerprint density at radius 2 is 1.81 bits per heavy atom. The van der Waals surface area contributed by atoms with Crippen LogP contribution in [0.3, 0.4) is 0 Å². The molecule has 0 atom stereocenters. The van der Waals surface area contributed by atoms with Crippen molar-refractivity contribution < 1.29 is 24.2 Å². The van der Waals surface area contributed by atoms with Crippen molar-refractivity contribution in [1.82, 2.24) is 10.3 Å². The quantitative estimate of drug-likeness (QED) is 0.444. The number of benzene rings is 1. The number of carbonyl (C=O) groups excluding carboxylic acids is 2. The van der Waals surface area contributed by atoms with E-state index in [4.69, 9.17) is 21.4 Å². The number of pyridine rings is 1. The third-order valence-corrected chi connectivity index (χ3v) is 5.56. The molecule has 1 aliphatic carbocycles. The standard InChI is InChI=1S/C23H25ClN2O5/c24-17-11-13-25-20(14-17)22(28)26-12-1-2-21(27)15-3-7-18(8-4-15)31-19-9-5-16(6-10-19)23(29)30/h3-4,7-8,11,13-14,16,19H,1-2,5-6,9-10,12H2,(H,26,28)(H,29,30). The van der Waals surface area contributed by atoms with Crippen molar-refractivity contribution in [1.29, 1.82) is 0 Å². The van der Waals surface area contributed by atoms with Gasteiger partial charge in [0, 0.05) is 29.7 Å². The predicted molar refractivity (Wildman–Crippen MR) is 116 cm³/mol. The number of aliphatic carboxylic acids is 1. The molecule has 1 aromatic heterocycles. The van der Waals surface area contributed by atoms with Gasteiger partial charge in [-0.2, -0.15) is 0 Å². The van der Waals surface area contributed by atoms with Gasteiger partial charge in [0.1, 0.15) is 11.4 Å². The lowest BCUT2D eigenvalue weighted by atomic mass is 9.87. The topological polar surface area (TPSA) is 106 Å². The molecular weight excluding hydrogens is 420 g/mol. The van der Waals surface area contributed by atoms with Gasteiger partial charge >= 0.3 is 5.97 Å². The number of carbonyl (C=O) groups is 3. The first kappa shape index (κ1) is 22.7. The Hall–Kier alpha value is -2.93. The summed E-state index contributed by atoms with van der Waals surface area (Å²) in [5.41, 5.74) is 0.829. The smallest absolute Gasteiger partial charge is 0.306 e. The van der Waals surface area contributed by atoms with E-state index in [2.05, 4.69) is 10.3 Å². The van der Waals surface area contributed by atoms with Crippen molar-refractivity contribution in [3.8, 4) is 5.75 Å². The molecule has 8 heteroatoms. The number of nitrogens with zero attached hydrogens (tertiary/aromatic N) is 1. The number of carboxylic acid groups (broad SMARTS) is 1. The van der Waals surface area contributed by atoms with E-state index in [0.29, 0.717) is 61.4 Å². The molecule has 1 aliphatic rings. The SMILES string of the molecule is O=C(CCCNC(=O)c1cc(Cl)ccn1)c1ccc(OC2CCC(C(=O)O)CC2)cc1. The Morgan fingerprint density at radius 1 is 1.10 bits per heavy atom. The first-order chi connectivity index (χ1) is 14.9. The molecule has 0 unspecified atom stereocenters. The van der Waals surface area contributed by atoms with Crippen molar-refractivity contribution in [3.05, 3.63) is 58.9 Å². The summed E-state index contributed by atoms with van der Waals surface area (Å²) in [5.74, 6) is -0.664. The fourth-order valence-electron chi connectivity index (χ4n) is 3.55. The molecule has 164 valence electrons. The average molecular weight is 445 g/mol. The van der Waals surface area contributed by atoms with Crippen LogP contribution in [-0.4, -0.2) is 40.4 Å². The molecule has 1 heterocycles. The summed E-state index contributed by atoms with van der Waals surface area (Å²) in [6.45, 7) is 0.360. The fraction of sp³-hybridized carbons (Fsp3) is 0.391. The van der Waals surface area contributed by atoms with E-state index >= 15 is 0 Å². The zero-order valence-corrected chi connectivity index (χ0v) is 17.8. The van der Waals surface area contributed by atoms with Crippen LogP contribution in [-0.2, 0) is 4.79 Å². The van der Waals surface area contributed by atoms with E-state index < -0.39 is 5.97 Å². The van der Waals surface area contributed by atoms with Gasteiger partial charge in [0.05, 0.1) is 12.0 Å². The lowest BCUT2D eigenvalue weighted by Gasteiger charge is -2.26. The second kappa shape index (κ2) is 10.9. The Morgan fingerprint density at radius 3 is 2.45 bits per heavy atom. The van der Waals surface area contributed by atoms with Crippen LogP contribution in [0.4, 0.5) is 0 Å². The van der Waals surface area contributed by atoms with Gasteiger partial charge in [0.15, 0.2) is 5.78 Å². The van der Waals surface area contributed by atoms with Crippen LogP contribution >= 0.6 is 11.6 Å². The molecule has 0 spiro atoms. The van der Waals surface area contributed by atoms with E-state index in [1.54, 1.807) is 30.3 Å². The number of halogens is 1. The van der Waals surface area contributed by atoms with E-state index in [0.717, 1.165) is 0 Å². The van der Waals surface area contributed by atoms with Gasteiger partial charge in [-0.15, -0.1) is 0 Å². The summed E-state index contributed by atoms with van der Waals surface area (Å²) in [6, 6.07) is 10.1. The molecule has 0 bridgehead atoms. The summed E-state index contributed by atoms with van der Waals surface area (Å²) in [4.78, 5) is 39.4. The van der Waals surface area contributed by atoms with Gasteiger partial charge in [0.25, 0.3) is 5.91 Å². The minimum atomic E-state index is -0.734. The molecule has 7 nitrogen and oxygen atoms in total. The predicted octanol–water partition coefficient (Wildman–Crippen LogP) is 4.15. The monoisotopic (exact) mass is 444 g/mol. The molecule has 1 aromatic carbocycles. The molecule has 1 fully saturated rings. The molecule has 0 radical (unpaired) electrons. The number of ketones is 1. The van der Waals surface area contributed by atoms with Crippen LogP contribution in [0.25, 0.3) is 0 Å². The number of aromatic nitrogens is 1. The lowest BCUT2D eigenvalue weighted by molar-refractivity contribution is -0.143. The number of rotatable bonds is 9. The van der Waals surface area contributed by atoms with Crippen LogP contribution in [0, 0.1) is 5.92 Å². The van der Waals surface area contributed by atoms with Gasteiger partial charge < -0.3 is 15.2 Å². The van der Waals surface area contributed by atoms with E-state index in [1.807, 2.05) is 0 Å². The van der Waals surface area contributed by atoms with Crippen molar-refractivity contribution in [2.75, 3.05) is 6.54 Å². The number of ether oxygens (including phenoxy) is 1. The van der Waals surface area contributed by atoms with Gasteiger partial charge in [-0.25, -0.2) is 0 Å². The number of carboxylic acids is 1. The Labute approximate surface area is 185 Å². The molecular formula is C23H25ClN2O5. The van der Waals surface area contributed by atoms with Gasteiger partial charge in [0.2, 0.25) is 0 Å². The van der Waals surface area contributed by atoms with Crippen molar-refractivity contribution >= 4 is 29.3 Å². The minimum Gasteiger partial charge on any atom is -0.490 e. The van der Waals surface area contributed by atoms with Gasteiger partial charge in [-0.1, -0.05) is 11.6 Å². The highest BCUT2D eigenvalue weighted by Gasteiger charge is 2.26. The van der Waals surface area contributed by atoms with Crippen molar-refractivity contribution in [2.45, 2.75) is 44.6 Å². The van der Waals surface area contributed by atoms with E-state index in [9.17, 15) is 14.4 Å². The highest BCUT2D eigenvalue weighted by Crippen LogP contribution is 2.28.